The van der Waals surface area contributed by atoms with Crippen LogP contribution in [0.5, 0.6) is 0 Å². The van der Waals surface area contributed by atoms with Crippen molar-refractivity contribution >= 4 is 17.6 Å². The van der Waals surface area contributed by atoms with Crippen molar-refractivity contribution in [1.82, 2.24) is 9.97 Å². The summed E-state index contributed by atoms with van der Waals surface area (Å²) in [5.74, 6) is 2.37. The van der Waals surface area contributed by atoms with E-state index in [4.69, 9.17) is 9.47 Å². The Kier molecular flexibility index (Phi) is 6.14. The molecule has 1 aromatic rings. The largest absolute Gasteiger partial charge is 0.384 e. The summed E-state index contributed by atoms with van der Waals surface area (Å²) in [4.78, 5) is 8.65. The van der Waals surface area contributed by atoms with E-state index in [1.54, 1.807) is 26.0 Å². The number of rotatable bonds is 7. The molecule has 0 unspecified atom stereocenters. The second kappa shape index (κ2) is 7.43. The summed E-state index contributed by atoms with van der Waals surface area (Å²) >= 11 is 1.64. The molecule has 0 bridgehead atoms. The van der Waals surface area contributed by atoms with Gasteiger partial charge in [-0.15, -0.1) is 11.8 Å². The normalized spacial score (nSPS) is 10.4. The first kappa shape index (κ1) is 13.2. The van der Waals surface area contributed by atoms with Gasteiger partial charge < -0.3 is 14.8 Å². The van der Waals surface area contributed by atoms with Crippen LogP contribution in [0.15, 0.2) is 11.1 Å². The summed E-state index contributed by atoms with van der Waals surface area (Å²) in [5, 5.41) is 3.94. The standard InChI is InChI=1S/C10H17N3O2S/c1-11-8-6-10(16-5-4-14-2)13-9(12-8)7-15-3/h6H,4-5,7H2,1-3H3,(H,11,12,13). The highest BCUT2D eigenvalue weighted by atomic mass is 32.2. The number of hydrogen-bond acceptors (Lipinski definition) is 6. The molecule has 1 rings (SSSR count). The first-order chi connectivity index (χ1) is 7.80. The van der Waals surface area contributed by atoms with Crippen molar-refractivity contribution in [1.29, 1.82) is 0 Å². The summed E-state index contributed by atoms with van der Waals surface area (Å²) < 4.78 is 10.0. The van der Waals surface area contributed by atoms with E-state index in [0.717, 1.165) is 16.6 Å². The molecule has 1 aromatic heterocycles. The maximum absolute atomic E-state index is 5.02. The van der Waals surface area contributed by atoms with Gasteiger partial charge >= 0.3 is 0 Å². The summed E-state index contributed by atoms with van der Waals surface area (Å²) in [6.07, 6.45) is 0. The van der Waals surface area contributed by atoms with E-state index < -0.39 is 0 Å². The third-order valence-electron chi connectivity index (χ3n) is 1.82. The molecule has 1 N–H and O–H groups in total. The van der Waals surface area contributed by atoms with Crippen LogP contribution >= 0.6 is 11.8 Å². The van der Waals surface area contributed by atoms with Gasteiger partial charge in [0.1, 0.15) is 17.5 Å². The number of thioether (sulfide) groups is 1. The van der Waals surface area contributed by atoms with Crippen LogP contribution in [0.4, 0.5) is 5.82 Å². The highest BCUT2D eigenvalue weighted by Crippen LogP contribution is 2.18. The molecule has 5 nitrogen and oxygen atoms in total. The summed E-state index contributed by atoms with van der Waals surface area (Å²) in [6, 6.07) is 1.92. The topological polar surface area (TPSA) is 56.3 Å². The lowest BCUT2D eigenvalue weighted by atomic mass is 10.5. The minimum absolute atomic E-state index is 0.424. The highest BCUT2D eigenvalue weighted by molar-refractivity contribution is 7.99. The molecular formula is C10H17N3O2S. The fraction of sp³-hybridized carbons (Fsp3) is 0.600. The highest BCUT2D eigenvalue weighted by Gasteiger charge is 2.04. The van der Waals surface area contributed by atoms with E-state index in [0.29, 0.717) is 19.0 Å². The molecule has 16 heavy (non-hydrogen) atoms. The van der Waals surface area contributed by atoms with E-state index in [-0.39, 0.29) is 0 Å². The van der Waals surface area contributed by atoms with E-state index in [2.05, 4.69) is 15.3 Å². The summed E-state index contributed by atoms with van der Waals surface area (Å²) in [5.41, 5.74) is 0. The van der Waals surface area contributed by atoms with Crippen molar-refractivity contribution in [3.63, 3.8) is 0 Å². The number of methoxy groups -OCH3 is 2. The third kappa shape index (κ3) is 4.34. The summed E-state index contributed by atoms with van der Waals surface area (Å²) in [7, 11) is 5.16. The van der Waals surface area contributed by atoms with Gasteiger partial charge in [0, 0.05) is 33.1 Å². The molecule has 0 amide bonds. The van der Waals surface area contributed by atoms with E-state index in [1.165, 1.54) is 0 Å². The minimum atomic E-state index is 0.424. The van der Waals surface area contributed by atoms with Crippen LogP contribution in [-0.2, 0) is 16.1 Å². The number of nitrogens with one attached hydrogen (secondary N) is 1. The molecule has 1 heterocycles. The van der Waals surface area contributed by atoms with Crippen molar-refractivity contribution in [2.45, 2.75) is 11.6 Å². The molecule has 0 aliphatic carbocycles. The Morgan fingerprint density at radius 2 is 2.12 bits per heavy atom. The minimum Gasteiger partial charge on any atom is -0.384 e. The third-order valence-corrected chi connectivity index (χ3v) is 2.69. The Morgan fingerprint density at radius 1 is 1.31 bits per heavy atom. The molecule has 6 heteroatoms. The van der Waals surface area contributed by atoms with Crippen LogP contribution in [0.25, 0.3) is 0 Å². The smallest absolute Gasteiger partial charge is 0.157 e. The van der Waals surface area contributed by atoms with Gasteiger partial charge in [-0.2, -0.15) is 0 Å². The van der Waals surface area contributed by atoms with Crippen molar-refractivity contribution in [3.8, 4) is 0 Å². The van der Waals surface area contributed by atoms with Crippen LogP contribution in [0.3, 0.4) is 0 Å². The zero-order valence-corrected chi connectivity index (χ0v) is 10.6. The maximum atomic E-state index is 5.02. The second-order valence-corrected chi connectivity index (χ2v) is 4.15. The van der Waals surface area contributed by atoms with Gasteiger partial charge in [0.2, 0.25) is 0 Å². The molecule has 0 atom stereocenters. The average Bonchev–Trinajstić information content (AvgIpc) is 2.29. The number of aromatic nitrogens is 2. The first-order valence-electron chi connectivity index (χ1n) is 4.96. The lowest BCUT2D eigenvalue weighted by Crippen LogP contribution is -2.03. The van der Waals surface area contributed by atoms with Gasteiger partial charge in [-0.05, 0) is 0 Å². The number of anilines is 1. The fourth-order valence-corrected chi connectivity index (χ4v) is 1.92. The van der Waals surface area contributed by atoms with Crippen LogP contribution in [0, 0.1) is 0 Å². The van der Waals surface area contributed by atoms with Crippen molar-refractivity contribution in [2.75, 3.05) is 38.9 Å². The fourth-order valence-electron chi connectivity index (χ4n) is 1.10. The van der Waals surface area contributed by atoms with Gasteiger partial charge in [0.05, 0.1) is 6.61 Å². The lowest BCUT2D eigenvalue weighted by molar-refractivity contribution is 0.177. The number of ether oxygens (including phenoxy) is 2. The molecule has 0 fully saturated rings. The van der Waals surface area contributed by atoms with Crippen molar-refractivity contribution in [3.05, 3.63) is 11.9 Å². The Hall–Kier alpha value is -0.850. The molecule has 0 saturated heterocycles. The predicted molar refractivity (Wildman–Crippen MR) is 64.9 cm³/mol. The van der Waals surface area contributed by atoms with E-state index in [1.807, 2.05) is 13.1 Å². The van der Waals surface area contributed by atoms with Crippen LogP contribution in [0.1, 0.15) is 5.82 Å². The second-order valence-electron chi connectivity index (χ2n) is 3.03. The molecule has 0 aromatic carbocycles. The van der Waals surface area contributed by atoms with Crippen molar-refractivity contribution in [2.24, 2.45) is 0 Å². The molecule has 0 radical (unpaired) electrons. The molecule has 0 aliphatic heterocycles. The Balaban J connectivity index is 2.69. The number of hydrogen-bond donors (Lipinski definition) is 1. The quantitative estimate of drug-likeness (QED) is 0.444. The monoisotopic (exact) mass is 243 g/mol. The zero-order chi connectivity index (χ0) is 11.8. The van der Waals surface area contributed by atoms with Crippen LogP contribution < -0.4 is 5.32 Å². The summed E-state index contributed by atoms with van der Waals surface area (Å²) in [6.45, 7) is 1.14. The SMILES string of the molecule is CNc1cc(SCCOC)nc(COC)n1. The Morgan fingerprint density at radius 3 is 2.75 bits per heavy atom. The Labute approximate surface area is 100.0 Å². The first-order valence-corrected chi connectivity index (χ1v) is 5.95. The molecule has 0 saturated carbocycles. The van der Waals surface area contributed by atoms with Crippen LogP contribution in [-0.4, -0.2) is 43.6 Å². The molecule has 90 valence electrons. The van der Waals surface area contributed by atoms with Gasteiger partial charge in [-0.1, -0.05) is 0 Å². The lowest BCUT2D eigenvalue weighted by Gasteiger charge is -2.06. The van der Waals surface area contributed by atoms with Gasteiger partial charge in [-0.3, -0.25) is 0 Å². The van der Waals surface area contributed by atoms with Gasteiger partial charge in [0.25, 0.3) is 0 Å². The average molecular weight is 243 g/mol. The Bertz CT molecular complexity index is 323. The maximum Gasteiger partial charge on any atom is 0.157 e. The van der Waals surface area contributed by atoms with Gasteiger partial charge in [-0.25, -0.2) is 9.97 Å². The zero-order valence-electron chi connectivity index (χ0n) is 9.82. The van der Waals surface area contributed by atoms with Crippen LogP contribution in [0.2, 0.25) is 0 Å². The molecule has 0 aliphatic rings. The molecule has 0 spiro atoms. The predicted octanol–water partition coefficient (Wildman–Crippen LogP) is 1.40. The molecular weight excluding hydrogens is 226 g/mol. The van der Waals surface area contributed by atoms with Gasteiger partial charge in [0.15, 0.2) is 5.82 Å². The van der Waals surface area contributed by atoms with E-state index in [9.17, 15) is 0 Å². The van der Waals surface area contributed by atoms with E-state index >= 15 is 0 Å². The number of nitrogens with zero attached hydrogens (tertiary/aromatic N) is 2. The van der Waals surface area contributed by atoms with Crippen molar-refractivity contribution < 1.29 is 9.47 Å².